The second kappa shape index (κ2) is 5.34. The molecule has 0 bridgehead atoms. The first-order valence-corrected chi connectivity index (χ1v) is 8.20. The van der Waals surface area contributed by atoms with Crippen LogP contribution in [0.2, 0.25) is 0 Å². The molecule has 116 valence electrons. The molecule has 2 aliphatic rings. The number of hydrogen-bond donors (Lipinski definition) is 0. The van der Waals surface area contributed by atoms with Gasteiger partial charge in [-0.15, -0.1) is 10.2 Å². The molecular weight excluding hydrogens is 276 g/mol. The van der Waals surface area contributed by atoms with Gasteiger partial charge < -0.3 is 9.47 Å². The zero-order chi connectivity index (χ0) is 15.1. The van der Waals surface area contributed by atoms with Gasteiger partial charge in [0.2, 0.25) is 0 Å². The van der Waals surface area contributed by atoms with Gasteiger partial charge in [-0.2, -0.15) is 0 Å². The third-order valence-corrected chi connectivity index (χ3v) is 4.70. The largest absolute Gasteiger partial charge is 0.356 e. The van der Waals surface area contributed by atoms with Crippen LogP contribution in [0.15, 0.2) is 6.07 Å². The summed E-state index contributed by atoms with van der Waals surface area (Å²) in [6.45, 7) is 7.12. The highest BCUT2D eigenvalue weighted by atomic mass is 15.3. The number of anilines is 1. The Morgan fingerprint density at radius 3 is 2.86 bits per heavy atom. The molecule has 1 fully saturated rings. The molecule has 4 heterocycles. The number of aryl methyl sites for hydroxylation is 3. The maximum Gasteiger partial charge on any atom is 0.137 e. The van der Waals surface area contributed by atoms with E-state index in [-0.39, 0.29) is 0 Å². The van der Waals surface area contributed by atoms with Crippen molar-refractivity contribution in [2.24, 2.45) is 0 Å². The fourth-order valence-electron chi connectivity index (χ4n) is 3.73. The van der Waals surface area contributed by atoms with E-state index in [2.05, 4.69) is 35.7 Å². The molecule has 0 N–H and O–H groups in total. The molecule has 6 heteroatoms. The SMILES string of the molecule is Cc1cc(N2CCCC(c3nnc4n3CCC4)C2)nc(C)n1. The first kappa shape index (κ1) is 13.7. The molecule has 4 rings (SSSR count). The minimum Gasteiger partial charge on any atom is -0.356 e. The molecule has 2 aliphatic heterocycles. The van der Waals surface area contributed by atoms with Crippen molar-refractivity contribution in [3.05, 3.63) is 29.2 Å². The lowest BCUT2D eigenvalue weighted by Crippen LogP contribution is -2.36. The highest BCUT2D eigenvalue weighted by Crippen LogP contribution is 2.30. The lowest BCUT2D eigenvalue weighted by molar-refractivity contribution is 0.470. The minimum atomic E-state index is 0.462. The number of piperidine rings is 1. The number of rotatable bonds is 2. The highest BCUT2D eigenvalue weighted by molar-refractivity contribution is 5.41. The van der Waals surface area contributed by atoms with Crippen LogP contribution in [0.3, 0.4) is 0 Å². The second-order valence-corrected chi connectivity index (χ2v) is 6.43. The van der Waals surface area contributed by atoms with E-state index in [0.29, 0.717) is 5.92 Å². The number of nitrogens with zero attached hydrogens (tertiary/aromatic N) is 6. The van der Waals surface area contributed by atoms with Gasteiger partial charge in [0.05, 0.1) is 0 Å². The average Bonchev–Trinajstić information content (AvgIpc) is 3.09. The van der Waals surface area contributed by atoms with Crippen LogP contribution in [-0.4, -0.2) is 37.8 Å². The van der Waals surface area contributed by atoms with Crippen LogP contribution in [0.5, 0.6) is 0 Å². The molecule has 0 saturated carbocycles. The first-order chi connectivity index (χ1) is 10.7. The minimum absolute atomic E-state index is 0.462. The molecule has 0 aliphatic carbocycles. The Morgan fingerprint density at radius 2 is 2.00 bits per heavy atom. The van der Waals surface area contributed by atoms with Crippen LogP contribution < -0.4 is 4.90 Å². The lowest BCUT2D eigenvalue weighted by atomic mass is 9.97. The average molecular weight is 298 g/mol. The van der Waals surface area contributed by atoms with Crippen LogP contribution in [-0.2, 0) is 13.0 Å². The number of aromatic nitrogens is 5. The van der Waals surface area contributed by atoms with Crippen molar-refractivity contribution in [1.29, 1.82) is 0 Å². The van der Waals surface area contributed by atoms with Crippen LogP contribution in [0.1, 0.15) is 48.3 Å². The Balaban J connectivity index is 1.59. The first-order valence-electron chi connectivity index (χ1n) is 8.20. The van der Waals surface area contributed by atoms with Crippen molar-refractivity contribution >= 4 is 5.82 Å². The van der Waals surface area contributed by atoms with Crippen molar-refractivity contribution < 1.29 is 0 Å². The van der Waals surface area contributed by atoms with Crippen molar-refractivity contribution in [2.75, 3.05) is 18.0 Å². The predicted molar refractivity (Wildman–Crippen MR) is 84.0 cm³/mol. The standard InChI is InChI=1S/C16H22N6/c1-11-9-15(18-12(2)17-11)21-7-3-5-13(10-21)16-20-19-14-6-4-8-22(14)16/h9,13H,3-8,10H2,1-2H3. The summed E-state index contributed by atoms with van der Waals surface area (Å²) >= 11 is 0. The zero-order valence-corrected chi connectivity index (χ0v) is 13.3. The molecule has 1 saturated heterocycles. The van der Waals surface area contributed by atoms with Crippen LogP contribution >= 0.6 is 0 Å². The smallest absolute Gasteiger partial charge is 0.137 e. The van der Waals surface area contributed by atoms with E-state index in [1.54, 1.807) is 0 Å². The molecule has 1 atom stereocenters. The van der Waals surface area contributed by atoms with E-state index in [4.69, 9.17) is 0 Å². The molecule has 2 aromatic heterocycles. The van der Waals surface area contributed by atoms with Crippen molar-refractivity contribution in [3.8, 4) is 0 Å². The molecule has 1 unspecified atom stereocenters. The van der Waals surface area contributed by atoms with Crippen LogP contribution in [0.4, 0.5) is 5.82 Å². The fourth-order valence-corrected chi connectivity index (χ4v) is 3.73. The van der Waals surface area contributed by atoms with Crippen molar-refractivity contribution in [1.82, 2.24) is 24.7 Å². The maximum atomic E-state index is 4.62. The number of fused-ring (bicyclic) bond motifs is 1. The predicted octanol–water partition coefficient (Wildman–Crippen LogP) is 2.02. The Labute approximate surface area is 130 Å². The molecule has 0 aromatic carbocycles. The molecule has 2 aromatic rings. The summed E-state index contributed by atoms with van der Waals surface area (Å²) in [4.78, 5) is 11.4. The van der Waals surface area contributed by atoms with Gasteiger partial charge in [0.25, 0.3) is 0 Å². The van der Waals surface area contributed by atoms with Gasteiger partial charge in [-0.05, 0) is 33.1 Å². The normalized spacial score (nSPS) is 21.2. The van der Waals surface area contributed by atoms with Gasteiger partial charge in [-0.1, -0.05) is 0 Å². The van der Waals surface area contributed by atoms with E-state index >= 15 is 0 Å². The summed E-state index contributed by atoms with van der Waals surface area (Å²) in [5.41, 5.74) is 1.04. The van der Waals surface area contributed by atoms with E-state index in [0.717, 1.165) is 43.4 Å². The van der Waals surface area contributed by atoms with E-state index in [1.165, 1.54) is 30.9 Å². The lowest BCUT2D eigenvalue weighted by Gasteiger charge is -2.33. The van der Waals surface area contributed by atoms with Gasteiger partial charge in [0, 0.05) is 43.7 Å². The van der Waals surface area contributed by atoms with Gasteiger partial charge in [0.15, 0.2) is 0 Å². The summed E-state index contributed by atoms with van der Waals surface area (Å²) in [5, 5.41) is 8.84. The molecule has 22 heavy (non-hydrogen) atoms. The third kappa shape index (κ3) is 2.36. The van der Waals surface area contributed by atoms with Crippen molar-refractivity contribution in [3.63, 3.8) is 0 Å². The molecule has 0 spiro atoms. The fraction of sp³-hybridized carbons (Fsp3) is 0.625. The Hall–Kier alpha value is -1.98. The van der Waals surface area contributed by atoms with Gasteiger partial charge in [-0.25, -0.2) is 9.97 Å². The van der Waals surface area contributed by atoms with E-state index < -0.39 is 0 Å². The molecule has 6 nitrogen and oxygen atoms in total. The Morgan fingerprint density at radius 1 is 1.09 bits per heavy atom. The summed E-state index contributed by atoms with van der Waals surface area (Å²) in [7, 11) is 0. The zero-order valence-electron chi connectivity index (χ0n) is 13.3. The summed E-state index contributed by atoms with van der Waals surface area (Å²) < 4.78 is 2.34. The highest BCUT2D eigenvalue weighted by Gasteiger charge is 2.29. The van der Waals surface area contributed by atoms with Gasteiger partial charge >= 0.3 is 0 Å². The second-order valence-electron chi connectivity index (χ2n) is 6.43. The third-order valence-electron chi connectivity index (χ3n) is 4.70. The van der Waals surface area contributed by atoms with Gasteiger partial charge in [0.1, 0.15) is 23.3 Å². The number of hydrogen-bond acceptors (Lipinski definition) is 5. The molecule has 0 radical (unpaired) electrons. The van der Waals surface area contributed by atoms with E-state index in [9.17, 15) is 0 Å². The monoisotopic (exact) mass is 298 g/mol. The topological polar surface area (TPSA) is 59.7 Å². The Kier molecular flexibility index (Phi) is 3.32. The summed E-state index contributed by atoms with van der Waals surface area (Å²) in [5.74, 6) is 4.71. The van der Waals surface area contributed by atoms with Crippen LogP contribution in [0, 0.1) is 13.8 Å². The molecular formula is C16H22N6. The summed E-state index contributed by atoms with van der Waals surface area (Å²) in [6, 6.07) is 2.09. The van der Waals surface area contributed by atoms with Crippen LogP contribution in [0.25, 0.3) is 0 Å². The molecule has 0 amide bonds. The Bertz CT molecular complexity index is 672. The quantitative estimate of drug-likeness (QED) is 0.849. The van der Waals surface area contributed by atoms with Crippen molar-refractivity contribution in [2.45, 2.75) is 52.0 Å². The van der Waals surface area contributed by atoms with Gasteiger partial charge in [-0.3, -0.25) is 0 Å². The summed E-state index contributed by atoms with van der Waals surface area (Å²) in [6.07, 6.45) is 4.65. The van der Waals surface area contributed by atoms with E-state index in [1.807, 2.05) is 13.8 Å². The maximum absolute atomic E-state index is 4.62.